The van der Waals surface area contributed by atoms with Crippen molar-refractivity contribution >= 4 is 5.78 Å². The van der Waals surface area contributed by atoms with Crippen LogP contribution in [0.4, 0.5) is 35.1 Å². The minimum Gasteiger partial charge on any atom is -0.493 e. The van der Waals surface area contributed by atoms with Gasteiger partial charge in [0.25, 0.3) is 0 Å². The van der Waals surface area contributed by atoms with Gasteiger partial charge < -0.3 is 5.11 Å². The van der Waals surface area contributed by atoms with Crippen LogP contribution in [0.25, 0.3) is 5.69 Å². The van der Waals surface area contributed by atoms with Crippen LogP contribution in [-0.2, 0) is 25.7 Å². The Labute approximate surface area is 180 Å². The molecule has 160 valence electrons. The molecular formula is C18H8F8N2O2Zn. The SMILES string of the molecule is Cc1nn(-c2c(F)c(F)c(C(F)(F)F)c(F)c2F)c(O)c1C(=O)c1ccc(F)cc1.[Zn]. The predicted octanol–water partition coefficient (Wildman–Crippen LogP) is 4.83. The Morgan fingerprint density at radius 2 is 1.42 bits per heavy atom. The molecular weight excluding hydrogens is 494 g/mol. The van der Waals surface area contributed by atoms with Crippen LogP contribution in [0.1, 0.15) is 27.2 Å². The number of alkyl halides is 3. The minimum atomic E-state index is -5.75. The van der Waals surface area contributed by atoms with Gasteiger partial charge in [-0.15, -0.1) is 0 Å². The quantitative estimate of drug-likeness (QED) is 0.242. The van der Waals surface area contributed by atoms with Gasteiger partial charge in [-0.2, -0.15) is 23.0 Å². The normalized spacial score (nSPS) is 11.4. The summed E-state index contributed by atoms with van der Waals surface area (Å²) in [6, 6.07) is 3.85. The van der Waals surface area contributed by atoms with Crippen molar-refractivity contribution in [1.82, 2.24) is 9.78 Å². The second-order valence-corrected chi connectivity index (χ2v) is 6.01. The number of carbonyl (C=O) groups is 1. The molecule has 2 aromatic carbocycles. The maximum atomic E-state index is 14.2. The van der Waals surface area contributed by atoms with E-state index in [1.54, 1.807) is 0 Å². The fourth-order valence-electron chi connectivity index (χ4n) is 2.74. The van der Waals surface area contributed by atoms with Crippen molar-refractivity contribution in [3.05, 3.63) is 75.7 Å². The molecule has 3 rings (SSSR count). The third kappa shape index (κ3) is 4.06. The summed E-state index contributed by atoms with van der Waals surface area (Å²) in [5.74, 6) is -13.5. The Morgan fingerprint density at radius 3 is 1.87 bits per heavy atom. The van der Waals surface area contributed by atoms with E-state index in [2.05, 4.69) is 5.10 Å². The molecule has 0 saturated heterocycles. The maximum Gasteiger partial charge on any atom is 0.422 e. The zero-order valence-corrected chi connectivity index (χ0v) is 18.3. The largest absolute Gasteiger partial charge is 0.493 e. The second kappa shape index (κ2) is 8.37. The van der Waals surface area contributed by atoms with Gasteiger partial charge in [0.05, 0.1) is 5.69 Å². The first-order valence-electron chi connectivity index (χ1n) is 7.88. The number of carbonyl (C=O) groups excluding carboxylic acids is 1. The molecule has 0 atom stereocenters. The van der Waals surface area contributed by atoms with Gasteiger partial charge in [-0.25, -0.2) is 22.0 Å². The molecule has 0 unspecified atom stereocenters. The minimum absolute atomic E-state index is 0. The number of aromatic hydroxyl groups is 1. The molecule has 0 saturated carbocycles. The maximum absolute atomic E-state index is 14.2. The summed E-state index contributed by atoms with van der Waals surface area (Å²) in [5.41, 5.74) is -5.81. The molecule has 0 aliphatic carbocycles. The van der Waals surface area contributed by atoms with Crippen molar-refractivity contribution in [1.29, 1.82) is 0 Å². The standard InChI is InChI=1S/C18H8F8N2O2.Zn/c1-6-9(16(29)7-2-4-8(19)5-3-7)17(30)28(27-6)15-13(22)11(20)10(18(24,25)26)12(21)14(15)23;/h2-5,30H,1H3;. The summed E-state index contributed by atoms with van der Waals surface area (Å²) >= 11 is 0. The van der Waals surface area contributed by atoms with Crippen LogP contribution in [0.15, 0.2) is 24.3 Å². The van der Waals surface area contributed by atoms with Crippen LogP contribution in [0.2, 0.25) is 0 Å². The van der Waals surface area contributed by atoms with E-state index in [0.29, 0.717) is 0 Å². The van der Waals surface area contributed by atoms with E-state index in [-0.39, 0.29) is 35.4 Å². The molecule has 0 fully saturated rings. The number of aromatic nitrogens is 2. The first-order chi connectivity index (χ1) is 13.9. The van der Waals surface area contributed by atoms with Gasteiger partial charge in [0, 0.05) is 25.0 Å². The van der Waals surface area contributed by atoms with Crippen LogP contribution in [0.3, 0.4) is 0 Å². The van der Waals surface area contributed by atoms with E-state index in [0.717, 1.165) is 31.2 Å². The molecule has 0 radical (unpaired) electrons. The topological polar surface area (TPSA) is 55.1 Å². The Morgan fingerprint density at radius 1 is 0.935 bits per heavy atom. The first kappa shape index (κ1) is 24.5. The van der Waals surface area contributed by atoms with E-state index in [9.17, 15) is 45.0 Å². The molecule has 3 aromatic rings. The molecule has 31 heavy (non-hydrogen) atoms. The van der Waals surface area contributed by atoms with E-state index in [1.807, 2.05) is 0 Å². The fraction of sp³-hybridized carbons (Fsp3) is 0.111. The summed E-state index contributed by atoms with van der Waals surface area (Å²) in [4.78, 5) is 12.5. The number of hydrogen-bond donors (Lipinski definition) is 1. The molecule has 0 bridgehead atoms. The summed E-state index contributed by atoms with van der Waals surface area (Å²) in [5, 5.41) is 13.6. The molecule has 0 aliphatic rings. The number of hydrogen-bond acceptors (Lipinski definition) is 3. The van der Waals surface area contributed by atoms with Crippen LogP contribution < -0.4 is 0 Å². The van der Waals surface area contributed by atoms with Crippen molar-refractivity contribution in [2.24, 2.45) is 0 Å². The molecule has 13 heteroatoms. The van der Waals surface area contributed by atoms with Gasteiger partial charge in [-0.1, -0.05) is 0 Å². The van der Waals surface area contributed by atoms with Gasteiger partial charge >= 0.3 is 6.18 Å². The number of halogens is 8. The van der Waals surface area contributed by atoms with Crippen molar-refractivity contribution < 1.29 is 64.5 Å². The number of nitrogens with zero attached hydrogens (tertiary/aromatic N) is 2. The van der Waals surface area contributed by atoms with Gasteiger partial charge in [-0.3, -0.25) is 4.79 Å². The van der Waals surface area contributed by atoms with E-state index in [4.69, 9.17) is 0 Å². The predicted molar refractivity (Wildman–Crippen MR) is 84.6 cm³/mol. The third-order valence-corrected chi connectivity index (χ3v) is 4.10. The average molecular weight is 502 g/mol. The molecule has 1 heterocycles. The Bertz CT molecular complexity index is 1140. The third-order valence-electron chi connectivity index (χ3n) is 4.10. The van der Waals surface area contributed by atoms with Crippen molar-refractivity contribution in [3.63, 3.8) is 0 Å². The molecule has 0 amide bonds. The Kier molecular flexibility index (Phi) is 6.60. The number of ketones is 1. The summed E-state index contributed by atoms with van der Waals surface area (Å²) in [6.45, 7) is 1.08. The number of rotatable bonds is 3. The second-order valence-electron chi connectivity index (χ2n) is 6.01. The molecule has 1 aromatic heterocycles. The summed E-state index contributed by atoms with van der Waals surface area (Å²) < 4.78 is 107. The van der Waals surface area contributed by atoms with Gasteiger partial charge in [0.15, 0.2) is 29.1 Å². The number of aryl methyl sites for hydroxylation is 1. The monoisotopic (exact) mass is 500 g/mol. The van der Waals surface area contributed by atoms with Crippen LogP contribution in [0, 0.1) is 36.0 Å². The molecule has 0 aliphatic heterocycles. The molecule has 0 spiro atoms. The van der Waals surface area contributed by atoms with Crippen LogP contribution in [-0.4, -0.2) is 20.7 Å². The average Bonchev–Trinajstić information content (AvgIpc) is 2.93. The van der Waals surface area contributed by atoms with E-state index in [1.165, 1.54) is 0 Å². The smallest absolute Gasteiger partial charge is 0.422 e. The van der Waals surface area contributed by atoms with Crippen molar-refractivity contribution in [2.75, 3.05) is 0 Å². The molecule has 4 nitrogen and oxygen atoms in total. The molecule has 1 N–H and O–H groups in total. The van der Waals surface area contributed by atoms with E-state index < -0.39 is 63.7 Å². The van der Waals surface area contributed by atoms with Crippen LogP contribution in [0.5, 0.6) is 5.88 Å². The zero-order valence-electron chi connectivity index (χ0n) is 15.3. The van der Waals surface area contributed by atoms with Gasteiger partial charge in [0.1, 0.15) is 22.6 Å². The van der Waals surface area contributed by atoms with E-state index >= 15 is 0 Å². The summed E-state index contributed by atoms with van der Waals surface area (Å²) in [6.07, 6.45) is -5.75. The van der Waals surface area contributed by atoms with Gasteiger partial charge in [0.2, 0.25) is 5.88 Å². The Hall–Kier alpha value is -2.82. The first-order valence-corrected chi connectivity index (χ1v) is 7.88. The van der Waals surface area contributed by atoms with Gasteiger partial charge in [-0.05, 0) is 31.2 Å². The van der Waals surface area contributed by atoms with Crippen molar-refractivity contribution in [3.8, 4) is 11.6 Å². The van der Waals surface area contributed by atoms with Crippen molar-refractivity contribution in [2.45, 2.75) is 13.1 Å². The number of benzene rings is 2. The summed E-state index contributed by atoms with van der Waals surface area (Å²) in [7, 11) is 0. The zero-order chi connectivity index (χ0) is 22.5. The van der Waals surface area contributed by atoms with Crippen LogP contribution >= 0.6 is 0 Å². The Balaban J connectivity index is 0.00000341. The fourth-order valence-corrected chi connectivity index (χ4v) is 2.74.